The van der Waals surface area contributed by atoms with Crippen LogP contribution >= 0.6 is 11.3 Å². The maximum Gasteiger partial charge on any atom is 0.192 e. The minimum Gasteiger partial charge on any atom is -0.487 e. The van der Waals surface area contributed by atoms with Crippen LogP contribution in [0.5, 0.6) is 5.75 Å². The topological polar surface area (TPSA) is 58.2 Å². The number of aromatic amines is 1. The lowest BCUT2D eigenvalue weighted by Crippen LogP contribution is -2.21. The molecule has 0 bridgehead atoms. The zero-order valence-electron chi connectivity index (χ0n) is 14.7. The molecule has 4 rings (SSSR count). The number of thiophene rings is 1. The van der Waals surface area contributed by atoms with E-state index in [1.807, 2.05) is 77.3 Å². The standard InChI is InChI=1S/C21H19N3O2S/c25-20(21-9-5-11-27-21)14-24-10-4-6-16(13-24)19-12-17(22-23-19)15-26-18-7-2-1-3-8-18/h1-5,7-13H,6,14-15H2,(H,22,23). The second kappa shape index (κ2) is 8.05. The molecule has 3 aromatic rings. The summed E-state index contributed by atoms with van der Waals surface area (Å²) in [6.07, 6.45) is 6.77. The van der Waals surface area contributed by atoms with Crippen LogP contribution in [-0.4, -0.2) is 27.4 Å². The molecule has 0 saturated heterocycles. The Hall–Kier alpha value is -3.12. The predicted molar refractivity (Wildman–Crippen MR) is 106 cm³/mol. The van der Waals surface area contributed by atoms with Crippen LogP contribution in [0.4, 0.5) is 0 Å². The predicted octanol–water partition coefficient (Wildman–Crippen LogP) is 4.49. The van der Waals surface area contributed by atoms with Gasteiger partial charge in [-0.15, -0.1) is 11.3 Å². The average molecular weight is 377 g/mol. The van der Waals surface area contributed by atoms with Gasteiger partial charge in [-0.2, -0.15) is 5.10 Å². The number of ether oxygens (including phenoxy) is 1. The fourth-order valence-electron chi connectivity index (χ4n) is 2.84. The van der Waals surface area contributed by atoms with Gasteiger partial charge >= 0.3 is 0 Å². The highest BCUT2D eigenvalue weighted by atomic mass is 32.1. The Morgan fingerprint density at radius 3 is 2.93 bits per heavy atom. The first kappa shape index (κ1) is 17.3. The highest BCUT2D eigenvalue weighted by Crippen LogP contribution is 2.23. The molecule has 5 nitrogen and oxygen atoms in total. The molecular formula is C21H19N3O2S. The molecule has 27 heavy (non-hydrogen) atoms. The summed E-state index contributed by atoms with van der Waals surface area (Å²) in [5.74, 6) is 0.942. The van der Waals surface area contributed by atoms with E-state index in [0.717, 1.165) is 34.0 Å². The number of rotatable bonds is 7. The van der Waals surface area contributed by atoms with Crippen LogP contribution in [-0.2, 0) is 6.61 Å². The molecule has 0 amide bonds. The first-order valence-corrected chi connectivity index (χ1v) is 9.58. The Labute approximate surface area is 161 Å². The third kappa shape index (κ3) is 4.35. The van der Waals surface area contributed by atoms with Gasteiger partial charge in [0.15, 0.2) is 5.78 Å². The van der Waals surface area contributed by atoms with E-state index in [2.05, 4.69) is 10.2 Å². The summed E-state index contributed by atoms with van der Waals surface area (Å²) in [6.45, 7) is 0.760. The van der Waals surface area contributed by atoms with Crippen molar-refractivity contribution in [2.45, 2.75) is 13.0 Å². The Bertz CT molecular complexity index is 959. The third-order valence-electron chi connectivity index (χ3n) is 4.18. The van der Waals surface area contributed by atoms with Crippen LogP contribution in [0.15, 0.2) is 72.4 Å². The lowest BCUT2D eigenvalue weighted by atomic mass is 10.1. The first-order chi connectivity index (χ1) is 13.3. The van der Waals surface area contributed by atoms with Gasteiger partial charge in [-0.25, -0.2) is 0 Å². The van der Waals surface area contributed by atoms with Crippen LogP contribution in [0, 0.1) is 0 Å². The smallest absolute Gasteiger partial charge is 0.192 e. The Kier molecular flexibility index (Phi) is 5.16. The van der Waals surface area contributed by atoms with Crippen LogP contribution in [0.25, 0.3) is 5.57 Å². The van der Waals surface area contributed by atoms with Crippen LogP contribution in [0.1, 0.15) is 27.5 Å². The fourth-order valence-corrected chi connectivity index (χ4v) is 3.50. The number of allylic oxidation sites excluding steroid dienone is 2. The van der Waals surface area contributed by atoms with Gasteiger partial charge in [0.05, 0.1) is 22.8 Å². The van der Waals surface area contributed by atoms with E-state index < -0.39 is 0 Å². The molecule has 0 atom stereocenters. The number of para-hydroxylation sites is 1. The van der Waals surface area contributed by atoms with Crippen molar-refractivity contribution in [1.29, 1.82) is 0 Å². The summed E-state index contributed by atoms with van der Waals surface area (Å²) in [6, 6.07) is 15.4. The average Bonchev–Trinajstić information content (AvgIpc) is 3.40. The molecule has 0 saturated carbocycles. The van der Waals surface area contributed by atoms with Crippen molar-refractivity contribution < 1.29 is 9.53 Å². The maximum atomic E-state index is 12.3. The van der Waals surface area contributed by atoms with E-state index >= 15 is 0 Å². The summed E-state index contributed by atoms with van der Waals surface area (Å²) in [5, 5.41) is 9.35. The van der Waals surface area contributed by atoms with Crippen molar-refractivity contribution in [1.82, 2.24) is 15.1 Å². The number of nitrogens with one attached hydrogen (secondary N) is 1. The molecule has 0 unspecified atom stereocenters. The normalized spacial score (nSPS) is 13.5. The Morgan fingerprint density at radius 1 is 1.22 bits per heavy atom. The van der Waals surface area contributed by atoms with Gasteiger partial charge in [0.2, 0.25) is 0 Å². The van der Waals surface area contributed by atoms with E-state index in [4.69, 9.17) is 4.74 Å². The molecule has 2 aromatic heterocycles. The molecule has 0 fully saturated rings. The minimum absolute atomic E-state index is 0.117. The van der Waals surface area contributed by atoms with Crippen LogP contribution in [0.2, 0.25) is 0 Å². The molecule has 1 aliphatic rings. The third-order valence-corrected chi connectivity index (χ3v) is 5.09. The number of hydrogen-bond donors (Lipinski definition) is 1. The van der Waals surface area contributed by atoms with Crippen molar-refractivity contribution in [3.8, 4) is 5.75 Å². The second-order valence-electron chi connectivity index (χ2n) is 6.20. The molecule has 0 aliphatic carbocycles. The van der Waals surface area contributed by atoms with E-state index in [1.165, 1.54) is 11.3 Å². The van der Waals surface area contributed by atoms with E-state index in [-0.39, 0.29) is 5.78 Å². The quantitative estimate of drug-likeness (QED) is 0.616. The number of nitrogens with zero attached hydrogens (tertiary/aromatic N) is 2. The van der Waals surface area contributed by atoms with Gasteiger partial charge in [0, 0.05) is 12.4 Å². The highest BCUT2D eigenvalue weighted by molar-refractivity contribution is 7.12. The summed E-state index contributed by atoms with van der Waals surface area (Å²) in [5.41, 5.74) is 2.85. The van der Waals surface area contributed by atoms with Crippen LogP contribution in [0.3, 0.4) is 0 Å². The number of ketones is 1. The van der Waals surface area contributed by atoms with Crippen molar-refractivity contribution in [3.05, 3.63) is 88.7 Å². The van der Waals surface area contributed by atoms with Gasteiger partial charge in [0.25, 0.3) is 0 Å². The number of hydrogen-bond acceptors (Lipinski definition) is 5. The maximum absolute atomic E-state index is 12.3. The molecule has 0 spiro atoms. The molecule has 0 radical (unpaired) electrons. The molecule has 3 heterocycles. The summed E-state index contributed by atoms with van der Waals surface area (Å²) in [4.78, 5) is 15.0. The van der Waals surface area contributed by atoms with E-state index in [9.17, 15) is 4.79 Å². The summed E-state index contributed by atoms with van der Waals surface area (Å²) < 4.78 is 5.75. The highest BCUT2D eigenvalue weighted by Gasteiger charge is 2.15. The van der Waals surface area contributed by atoms with Gasteiger partial charge in [0.1, 0.15) is 12.4 Å². The summed E-state index contributed by atoms with van der Waals surface area (Å²) in [7, 11) is 0. The van der Waals surface area contributed by atoms with Crippen molar-refractivity contribution in [3.63, 3.8) is 0 Å². The zero-order valence-corrected chi connectivity index (χ0v) is 15.5. The van der Waals surface area contributed by atoms with E-state index in [1.54, 1.807) is 0 Å². The van der Waals surface area contributed by atoms with Gasteiger partial charge < -0.3 is 9.64 Å². The van der Waals surface area contributed by atoms with Crippen molar-refractivity contribution in [2.75, 3.05) is 6.54 Å². The summed E-state index contributed by atoms with van der Waals surface area (Å²) >= 11 is 1.47. The largest absolute Gasteiger partial charge is 0.487 e. The number of aromatic nitrogens is 2. The second-order valence-corrected chi connectivity index (χ2v) is 7.14. The molecule has 1 N–H and O–H groups in total. The molecular weight excluding hydrogens is 358 g/mol. The number of H-pyrrole nitrogens is 1. The molecule has 1 aromatic carbocycles. The monoisotopic (exact) mass is 377 g/mol. The number of Topliss-reactive ketones (excluding diaryl/α,β-unsaturated/α-hetero) is 1. The van der Waals surface area contributed by atoms with Gasteiger partial charge in [-0.05, 0) is 41.6 Å². The number of carbonyl (C=O) groups is 1. The lowest BCUT2D eigenvalue weighted by Gasteiger charge is -2.19. The molecule has 136 valence electrons. The van der Waals surface area contributed by atoms with Gasteiger partial charge in [-0.3, -0.25) is 9.89 Å². The first-order valence-electron chi connectivity index (χ1n) is 8.70. The fraction of sp³-hybridized carbons (Fsp3) is 0.143. The lowest BCUT2D eigenvalue weighted by molar-refractivity contribution is 0.0973. The number of carbonyl (C=O) groups excluding carboxylic acids is 1. The molecule has 1 aliphatic heterocycles. The van der Waals surface area contributed by atoms with Crippen LogP contribution < -0.4 is 4.74 Å². The van der Waals surface area contributed by atoms with Gasteiger partial charge in [-0.1, -0.05) is 30.3 Å². The van der Waals surface area contributed by atoms with Crippen molar-refractivity contribution in [2.24, 2.45) is 0 Å². The minimum atomic E-state index is 0.117. The Morgan fingerprint density at radius 2 is 2.11 bits per heavy atom. The van der Waals surface area contributed by atoms with E-state index in [0.29, 0.717) is 13.2 Å². The SMILES string of the molecule is O=C(CN1C=CCC(c2cc(COc3ccccc3)[nH]n2)=C1)c1cccs1. The molecule has 6 heteroatoms. The van der Waals surface area contributed by atoms with Crippen molar-refractivity contribution >= 4 is 22.7 Å². The number of benzene rings is 1. The Balaban J connectivity index is 1.40. The zero-order chi connectivity index (χ0) is 18.5.